The predicted octanol–water partition coefficient (Wildman–Crippen LogP) is 1.07. The van der Waals surface area contributed by atoms with Crippen LogP contribution in [0, 0.1) is 6.92 Å². The molecular formula is C13H18N2O3. The molecule has 1 aromatic rings. The summed E-state index contributed by atoms with van der Waals surface area (Å²) in [6.45, 7) is 1.85. The number of carbonyl (C=O) groups is 2. The third-order valence-corrected chi connectivity index (χ3v) is 2.56. The highest BCUT2D eigenvalue weighted by molar-refractivity contribution is 5.97. The van der Waals surface area contributed by atoms with Gasteiger partial charge in [0.2, 0.25) is 5.91 Å². The first-order valence-electron chi connectivity index (χ1n) is 5.82. The average molecular weight is 250 g/mol. The Morgan fingerprint density at radius 1 is 1.33 bits per heavy atom. The maximum atomic E-state index is 11.6. The van der Waals surface area contributed by atoms with Crippen LogP contribution in [0.25, 0.3) is 0 Å². The Morgan fingerprint density at radius 2 is 2.06 bits per heavy atom. The number of hydrogen-bond donors (Lipinski definition) is 3. The molecule has 0 aromatic heterocycles. The molecule has 0 bridgehead atoms. The molecule has 2 amide bonds. The molecule has 0 aliphatic carbocycles. The second-order valence-corrected chi connectivity index (χ2v) is 3.98. The zero-order valence-electron chi connectivity index (χ0n) is 10.6. The van der Waals surface area contributed by atoms with Gasteiger partial charge in [-0.3, -0.25) is 9.59 Å². The van der Waals surface area contributed by atoms with Gasteiger partial charge in [-0.05, 0) is 31.0 Å². The maximum absolute atomic E-state index is 11.6. The lowest BCUT2D eigenvalue weighted by Gasteiger charge is -2.10. The van der Waals surface area contributed by atoms with Crippen molar-refractivity contribution in [3.63, 3.8) is 0 Å². The molecule has 0 aliphatic heterocycles. The van der Waals surface area contributed by atoms with Gasteiger partial charge in [-0.15, -0.1) is 0 Å². The van der Waals surface area contributed by atoms with Gasteiger partial charge in [0.1, 0.15) is 0 Å². The number of rotatable bonds is 5. The Labute approximate surface area is 106 Å². The van der Waals surface area contributed by atoms with E-state index < -0.39 is 0 Å². The lowest BCUT2D eigenvalue weighted by atomic mass is 10.1. The van der Waals surface area contributed by atoms with Crippen LogP contribution in [0.3, 0.4) is 0 Å². The molecule has 0 unspecified atom stereocenters. The third kappa shape index (κ3) is 3.85. The molecule has 5 nitrogen and oxygen atoms in total. The monoisotopic (exact) mass is 250 g/mol. The summed E-state index contributed by atoms with van der Waals surface area (Å²) in [5.74, 6) is -0.359. The van der Waals surface area contributed by atoms with Gasteiger partial charge >= 0.3 is 0 Å². The minimum Gasteiger partial charge on any atom is -0.396 e. The van der Waals surface area contributed by atoms with Gasteiger partial charge in [0, 0.05) is 31.3 Å². The van der Waals surface area contributed by atoms with E-state index in [-0.39, 0.29) is 24.8 Å². The van der Waals surface area contributed by atoms with Crippen molar-refractivity contribution in [2.45, 2.75) is 19.8 Å². The van der Waals surface area contributed by atoms with Crippen molar-refractivity contribution in [1.29, 1.82) is 0 Å². The van der Waals surface area contributed by atoms with Crippen LogP contribution in [-0.2, 0) is 4.79 Å². The van der Waals surface area contributed by atoms with Crippen molar-refractivity contribution >= 4 is 17.5 Å². The summed E-state index contributed by atoms with van der Waals surface area (Å²) in [5, 5.41) is 13.9. The van der Waals surface area contributed by atoms with Crippen molar-refractivity contribution in [1.82, 2.24) is 5.32 Å². The number of aliphatic hydroxyl groups is 1. The van der Waals surface area contributed by atoms with Crippen LogP contribution >= 0.6 is 0 Å². The van der Waals surface area contributed by atoms with Crippen molar-refractivity contribution in [3.05, 3.63) is 29.3 Å². The van der Waals surface area contributed by atoms with E-state index in [1.54, 1.807) is 25.2 Å². The number of carbonyl (C=O) groups excluding carboxylic acids is 2. The number of aryl methyl sites for hydroxylation is 1. The van der Waals surface area contributed by atoms with Crippen LogP contribution in [0.2, 0.25) is 0 Å². The Morgan fingerprint density at radius 3 is 2.67 bits per heavy atom. The summed E-state index contributed by atoms with van der Waals surface area (Å²) in [4.78, 5) is 23.0. The Hall–Kier alpha value is -1.88. The molecule has 0 spiro atoms. The van der Waals surface area contributed by atoms with Crippen molar-refractivity contribution < 1.29 is 14.7 Å². The van der Waals surface area contributed by atoms with E-state index in [9.17, 15) is 9.59 Å². The van der Waals surface area contributed by atoms with E-state index in [4.69, 9.17) is 5.11 Å². The molecule has 3 N–H and O–H groups in total. The maximum Gasteiger partial charge on any atom is 0.251 e. The summed E-state index contributed by atoms with van der Waals surface area (Å²) in [6.07, 6.45) is 0.695. The summed E-state index contributed by atoms with van der Waals surface area (Å²) in [5.41, 5.74) is 2.01. The fourth-order valence-electron chi connectivity index (χ4n) is 1.49. The fraction of sp³-hybridized carbons (Fsp3) is 0.385. The largest absolute Gasteiger partial charge is 0.396 e. The molecule has 98 valence electrons. The summed E-state index contributed by atoms with van der Waals surface area (Å²) < 4.78 is 0. The fourth-order valence-corrected chi connectivity index (χ4v) is 1.49. The van der Waals surface area contributed by atoms with Gasteiger partial charge in [0.05, 0.1) is 0 Å². The van der Waals surface area contributed by atoms with Gasteiger partial charge in [-0.2, -0.15) is 0 Å². The average Bonchev–Trinajstić information content (AvgIpc) is 2.38. The van der Waals surface area contributed by atoms with Gasteiger partial charge in [-0.1, -0.05) is 6.07 Å². The Kier molecular flexibility index (Phi) is 5.32. The molecule has 0 atom stereocenters. The summed E-state index contributed by atoms with van der Waals surface area (Å²) >= 11 is 0. The zero-order chi connectivity index (χ0) is 13.5. The van der Waals surface area contributed by atoms with E-state index in [1.165, 1.54) is 0 Å². The van der Waals surface area contributed by atoms with E-state index in [2.05, 4.69) is 10.6 Å². The smallest absolute Gasteiger partial charge is 0.251 e. The molecule has 0 saturated carbocycles. The Bertz CT molecular complexity index is 444. The standard InChI is InChI=1S/C13H18N2O3/c1-9-5-6-10(13(18)14-2)8-11(9)15-12(17)4-3-7-16/h5-6,8,16H,3-4,7H2,1-2H3,(H,14,18)(H,15,17). The van der Waals surface area contributed by atoms with Crippen LogP contribution in [-0.4, -0.2) is 30.6 Å². The zero-order valence-corrected chi connectivity index (χ0v) is 10.6. The molecule has 0 fully saturated rings. The van der Waals surface area contributed by atoms with Crippen LogP contribution in [0.15, 0.2) is 18.2 Å². The van der Waals surface area contributed by atoms with Crippen LogP contribution < -0.4 is 10.6 Å². The minimum absolute atomic E-state index is 0.00924. The number of nitrogens with one attached hydrogen (secondary N) is 2. The number of benzene rings is 1. The highest BCUT2D eigenvalue weighted by Gasteiger charge is 2.08. The van der Waals surface area contributed by atoms with Crippen LogP contribution in [0.4, 0.5) is 5.69 Å². The second-order valence-electron chi connectivity index (χ2n) is 3.98. The molecule has 1 rings (SSSR count). The van der Waals surface area contributed by atoms with Crippen molar-refractivity contribution in [2.75, 3.05) is 19.0 Å². The molecule has 0 radical (unpaired) electrons. The molecular weight excluding hydrogens is 232 g/mol. The third-order valence-electron chi connectivity index (χ3n) is 2.56. The first-order valence-corrected chi connectivity index (χ1v) is 5.82. The first kappa shape index (κ1) is 14.2. The lowest BCUT2D eigenvalue weighted by molar-refractivity contribution is -0.116. The normalized spacial score (nSPS) is 9.94. The molecule has 1 aromatic carbocycles. The quantitative estimate of drug-likeness (QED) is 0.731. The van der Waals surface area contributed by atoms with Gasteiger partial charge in [0.15, 0.2) is 0 Å². The van der Waals surface area contributed by atoms with Crippen LogP contribution in [0.5, 0.6) is 0 Å². The SMILES string of the molecule is CNC(=O)c1ccc(C)c(NC(=O)CCCO)c1. The van der Waals surface area contributed by atoms with Crippen molar-refractivity contribution in [2.24, 2.45) is 0 Å². The lowest BCUT2D eigenvalue weighted by Crippen LogP contribution is -2.19. The summed E-state index contributed by atoms with van der Waals surface area (Å²) in [6, 6.07) is 5.13. The number of aliphatic hydroxyl groups excluding tert-OH is 1. The minimum atomic E-state index is -0.194. The molecule has 18 heavy (non-hydrogen) atoms. The topological polar surface area (TPSA) is 78.4 Å². The molecule has 0 heterocycles. The van der Waals surface area contributed by atoms with Crippen molar-refractivity contribution in [3.8, 4) is 0 Å². The number of hydrogen-bond acceptors (Lipinski definition) is 3. The second kappa shape index (κ2) is 6.76. The van der Waals surface area contributed by atoms with Gasteiger partial charge in [0.25, 0.3) is 5.91 Å². The van der Waals surface area contributed by atoms with E-state index in [1.807, 2.05) is 6.92 Å². The highest BCUT2D eigenvalue weighted by atomic mass is 16.3. The molecule has 5 heteroatoms. The predicted molar refractivity (Wildman–Crippen MR) is 69.5 cm³/mol. The van der Waals surface area contributed by atoms with E-state index in [0.29, 0.717) is 17.7 Å². The van der Waals surface area contributed by atoms with Gasteiger partial charge in [-0.25, -0.2) is 0 Å². The summed E-state index contributed by atoms with van der Waals surface area (Å²) in [7, 11) is 1.56. The molecule has 0 aliphatic rings. The molecule has 0 saturated heterocycles. The highest BCUT2D eigenvalue weighted by Crippen LogP contribution is 2.17. The Balaban J connectivity index is 2.81. The van der Waals surface area contributed by atoms with E-state index in [0.717, 1.165) is 5.56 Å². The number of anilines is 1. The van der Waals surface area contributed by atoms with Gasteiger partial charge < -0.3 is 15.7 Å². The van der Waals surface area contributed by atoms with E-state index >= 15 is 0 Å². The first-order chi connectivity index (χ1) is 8.58. The number of amides is 2. The van der Waals surface area contributed by atoms with Crippen LogP contribution in [0.1, 0.15) is 28.8 Å².